The van der Waals surface area contributed by atoms with E-state index in [0.29, 0.717) is 25.1 Å². The summed E-state index contributed by atoms with van der Waals surface area (Å²) in [7, 11) is 0. The first-order valence-electron chi connectivity index (χ1n) is 14.3. The maximum absolute atomic E-state index is 13.2. The predicted octanol–water partition coefficient (Wildman–Crippen LogP) is 7.22. The third-order valence-corrected chi connectivity index (χ3v) is 8.10. The molecule has 3 heterocycles. The molecule has 42 heavy (non-hydrogen) atoms. The van der Waals surface area contributed by atoms with E-state index in [9.17, 15) is 9.59 Å². The highest BCUT2D eigenvalue weighted by atomic mass is 16.2. The summed E-state index contributed by atoms with van der Waals surface area (Å²) in [6, 6.07) is 36.0. The number of anilines is 1. The van der Waals surface area contributed by atoms with E-state index in [4.69, 9.17) is 0 Å². The molecule has 1 atom stereocenters. The van der Waals surface area contributed by atoms with Crippen LogP contribution in [0.25, 0.3) is 44.2 Å². The number of carbonyl (C=O) groups is 2. The topological polar surface area (TPSA) is 78.1 Å². The molecule has 6 heteroatoms. The molecule has 0 bridgehead atoms. The van der Waals surface area contributed by atoms with Crippen molar-refractivity contribution in [2.75, 3.05) is 11.9 Å². The Morgan fingerprint density at radius 1 is 0.833 bits per heavy atom. The van der Waals surface area contributed by atoms with E-state index in [-0.39, 0.29) is 11.8 Å². The number of amides is 2. The van der Waals surface area contributed by atoms with Crippen molar-refractivity contribution in [2.45, 2.75) is 25.3 Å². The molecule has 2 N–H and O–H groups in total. The first-order chi connectivity index (χ1) is 20.6. The number of pyridine rings is 1. The smallest absolute Gasteiger partial charge is 0.247 e. The number of fused-ring (bicyclic) bond motifs is 2. The third kappa shape index (κ3) is 5.03. The van der Waals surface area contributed by atoms with Gasteiger partial charge in [0.05, 0.1) is 11.9 Å². The molecule has 1 aliphatic rings. The van der Waals surface area contributed by atoms with Gasteiger partial charge in [-0.2, -0.15) is 0 Å². The van der Waals surface area contributed by atoms with E-state index in [1.807, 2.05) is 66.9 Å². The summed E-state index contributed by atoms with van der Waals surface area (Å²) in [5.41, 5.74) is 7.99. The van der Waals surface area contributed by atoms with E-state index in [0.717, 1.165) is 56.2 Å². The summed E-state index contributed by atoms with van der Waals surface area (Å²) < 4.78 is 0. The zero-order valence-corrected chi connectivity index (χ0v) is 23.1. The van der Waals surface area contributed by atoms with Crippen LogP contribution >= 0.6 is 0 Å². The molecule has 4 aromatic carbocycles. The molecular weight excluding hydrogens is 520 g/mol. The van der Waals surface area contributed by atoms with E-state index in [1.165, 1.54) is 0 Å². The van der Waals surface area contributed by atoms with E-state index < -0.39 is 6.04 Å². The largest absolute Gasteiger partial charge is 0.355 e. The van der Waals surface area contributed by atoms with Crippen molar-refractivity contribution in [3.63, 3.8) is 0 Å². The van der Waals surface area contributed by atoms with Crippen LogP contribution in [0.5, 0.6) is 0 Å². The Kier molecular flexibility index (Phi) is 6.72. The van der Waals surface area contributed by atoms with Crippen LogP contribution in [0.3, 0.4) is 0 Å². The van der Waals surface area contributed by atoms with Crippen molar-refractivity contribution in [1.29, 1.82) is 0 Å². The van der Waals surface area contributed by atoms with Crippen molar-refractivity contribution in [1.82, 2.24) is 14.9 Å². The molecular formula is C36H30N4O2. The van der Waals surface area contributed by atoms with Gasteiger partial charge in [0.2, 0.25) is 11.8 Å². The average Bonchev–Trinajstić information content (AvgIpc) is 3.69. The second-order valence-electron chi connectivity index (χ2n) is 10.8. The Balaban J connectivity index is 1.06. The van der Waals surface area contributed by atoms with Crippen molar-refractivity contribution in [3.05, 3.63) is 121 Å². The van der Waals surface area contributed by atoms with Gasteiger partial charge in [-0.1, -0.05) is 72.8 Å². The molecule has 0 unspecified atom stereocenters. The minimum absolute atomic E-state index is 0.00659. The normalized spacial score (nSPS) is 14.9. The van der Waals surface area contributed by atoms with Crippen molar-refractivity contribution >= 4 is 39.3 Å². The molecule has 0 radical (unpaired) electrons. The standard InChI is InChI=1S/C36H30N4O2/c41-34(21-24-7-2-1-3-8-24)40-20-6-12-33(40)36(42)38-29-16-13-25(14-17-29)32-23-28-22-27(15-18-31(28)39-32)30-11-4-9-26-10-5-19-37-35(26)30/h1-5,7-11,13-19,22-23,33,39H,6,12,20-21H2,(H,38,42)/t33-/m0/s1. The van der Waals surface area contributed by atoms with Gasteiger partial charge in [0.15, 0.2) is 0 Å². The molecule has 0 saturated carbocycles. The quantitative estimate of drug-likeness (QED) is 0.230. The van der Waals surface area contributed by atoms with Gasteiger partial charge in [0.25, 0.3) is 0 Å². The molecule has 1 aliphatic heterocycles. The van der Waals surface area contributed by atoms with Crippen molar-refractivity contribution in [3.8, 4) is 22.4 Å². The number of aromatic amines is 1. The van der Waals surface area contributed by atoms with Gasteiger partial charge in [0.1, 0.15) is 6.04 Å². The number of aromatic nitrogens is 2. The number of hydrogen-bond acceptors (Lipinski definition) is 3. The lowest BCUT2D eigenvalue weighted by Crippen LogP contribution is -2.43. The number of H-pyrrole nitrogens is 1. The zero-order chi connectivity index (χ0) is 28.5. The highest BCUT2D eigenvalue weighted by molar-refractivity contribution is 5.99. The summed E-state index contributed by atoms with van der Waals surface area (Å²) in [6.45, 7) is 0.613. The Morgan fingerprint density at radius 3 is 2.50 bits per heavy atom. The number of nitrogens with zero attached hydrogens (tertiary/aromatic N) is 2. The van der Waals surface area contributed by atoms with Gasteiger partial charge in [0, 0.05) is 46.0 Å². The molecule has 2 amide bonds. The summed E-state index contributed by atoms with van der Waals surface area (Å²) in [5, 5.41) is 5.27. The van der Waals surface area contributed by atoms with Gasteiger partial charge in [-0.05, 0) is 65.9 Å². The van der Waals surface area contributed by atoms with Gasteiger partial charge < -0.3 is 15.2 Å². The fourth-order valence-corrected chi connectivity index (χ4v) is 5.96. The highest BCUT2D eigenvalue weighted by Crippen LogP contribution is 2.32. The number of benzene rings is 4. The van der Waals surface area contributed by atoms with Crippen LogP contribution in [-0.4, -0.2) is 39.3 Å². The number of carbonyl (C=O) groups excluding carboxylic acids is 2. The van der Waals surface area contributed by atoms with Gasteiger partial charge in [-0.25, -0.2) is 0 Å². The fraction of sp³-hybridized carbons (Fsp3) is 0.139. The van der Waals surface area contributed by atoms with Gasteiger partial charge >= 0.3 is 0 Å². The zero-order valence-electron chi connectivity index (χ0n) is 23.1. The summed E-state index contributed by atoms with van der Waals surface area (Å²) in [6.07, 6.45) is 3.65. The molecule has 1 saturated heterocycles. The highest BCUT2D eigenvalue weighted by Gasteiger charge is 2.33. The molecule has 2 aromatic heterocycles. The number of para-hydroxylation sites is 1. The monoisotopic (exact) mass is 550 g/mol. The summed E-state index contributed by atoms with van der Waals surface area (Å²) >= 11 is 0. The second-order valence-corrected chi connectivity index (χ2v) is 10.8. The third-order valence-electron chi connectivity index (χ3n) is 8.10. The maximum Gasteiger partial charge on any atom is 0.247 e. The first kappa shape index (κ1) is 25.7. The lowest BCUT2D eigenvalue weighted by atomic mass is 10.0. The molecule has 6 nitrogen and oxygen atoms in total. The van der Waals surface area contributed by atoms with Crippen LogP contribution < -0.4 is 5.32 Å². The van der Waals surface area contributed by atoms with E-state index in [1.54, 1.807) is 4.90 Å². The second kappa shape index (κ2) is 11.0. The number of rotatable bonds is 6. The average molecular weight is 551 g/mol. The minimum atomic E-state index is -0.444. The first-order valence-corrected chi connectivity index (χ1v) is 14.3. The SMILES string of the molecule is O=C(Nc1ccc(-c2cc3cc(-c4cccc5cccnc45)ccc3[nH]2)cc1)[C@@H]1CCCN1C(=O)Cc1ccccc1. The molecule has 7 rings (SSSR count). The van der Waals surface area contributed by atoms with Crippen LogP contribution in [-0.2, 0) is 16.0 Å². The van der Waals surface area contributed by atoms with Gasteiger partial charge in [-0.3, -0.25) is 14.6 Å². The van der Waals surface area contributed by atoms with Crippen LogP contribution in [0, 0.1) is 0 Å². The Hall–Kier alpha value is -5.23. The maximum atomic E-state index is 13.2. The lowest BCUT2D eigenvalue weighted by Gasteiger charge is -2.24. The van der Waals surface area contributed by atoms with Crippen LogP contribution in [0.15, 0.2) is 115 Å². The molecule has 6 aromatic rings. The Bertz CT molecular complexity index is 1910. The summed E-state index contributed by atoms with van der Waals surface area (Å²) in [5.74, 6) is -0.143. The van der Waals surface area contributed by atoms with Crippen LogP contribution in [0.4, 0.5) is 5.69 Å². The number of hydrogen-bond donors (Lipinski definition) is 2. The van der Waals surface area contributed by atoms with Crippen LogP contribution in [0.2, 0.25) is 0 Å². The predicted molar refractivity (Wildman–Crippen MR) is 168 cm³/mol. The van der Waals surface area contributed by atoms with E-state index in [2.05, 4.69) is 63.8 Å². The minimum Gasteiger partial charge on any atom is -0.355 e. The molecule has 0 spiro atoms. The fourth-order valence-electron chi connectivity index (χ4n) is 5.96. The number of nitrogens with one attached hydrogen (secondary N) is 2. The Labute approximate surface area is 244 Å². The van der Waals surface area contributed by atoms with Gasteiger partial charge in [-0.15, -0.1) is 0 Å². The molecule has 0 aliphatic carbocycles. The summed E-state index contributed by atoms with van der Waals surface area (Å²) in [4.78, 5) is 36.0. The number of likely N-dealkylation sites (tertiary alicyclic amines) is 1. The van der Waals surface area contributed by atoms with Crippen molar-refractivity contribution < 1.29 is 9.59 Å². The van der Waals surface area contributed by atoms with E-state index >= 15 is 0 Å². The van der Waals surface area contributed by atoms with Crippen LogP contribution in [0.1, 0.15) is 18.4 Å². The molecule has 206 valence electrons. The molecule has 1 fully saturated rings. The lowest BCUT2D eigenvalue weighted by molar-refractivity contribution is -0.136. The Morgan fingerprint density at radius 2 is 1.64 bits per heavy atom. The van der Waals surface area contributed by atoms with Crippen molar-refractivity contribution in [2.24, 2.45) is 0 Å².